The molecule has 0 amide bonds. The summed E-state index contributed by atoms with van der Waals surface area (Å²) in [7, 11) is 0. The van der Waals surface area contributed by atoms with Crippen LogP contribution in [0.15, 0.2) is 70.8 Å². The van der Waals surface area contributed by atoms with Gasteiger partial charge in [-0.15, -0.1) is 0 Å². The molecule has 312 valence electrons. The Labute approximate surface area is 356 Å². The van der Waals surface area contributed by atoms with Crippen LogP contribution in [0, 0.1) is 0 Å². The van der Waals surface area contributed by atoms with Crippen molar-refractivity contribution >= 4 is 34.4 Å². The van der Waals surface area contributed by atoms with Crippen LogP contribution in [0.5, 0.6) is 34.5 Å². The van der Waals surface area contributed by atoms with Crippen molar-refractivity contribution in [3.8, 4) is 34.5 Å². The molecule has 0 unspecified atom stereocenters. The molecule has 0 aliphatic heterocycles. The Balaban J connectivity index is 2.28. The molecule has 0 fully saturated rings. The van der Waals surface area contributed by atoms with Crippen molar-refractivity contribution in [2.24, 2.45) is 0 Å². The third-order valence-electron chi connectivity index (χ3n) is 9.15. The van der Waals surface area contributed by atoms with Gasteiger partial charge >= 0.3 is 0 Å². The zero-order valence-electron chi connectivity index (χ0n) is 36.6. The lowest BCUT2D eigenvalue weighted by atomic mass is 10.2. The number of ether oxygens (including phenoxy) is 6. The van der Waals surface area contributed by atoms with E-state index >= 15 is 0 Å². The summed E-state index contributed by atoms with van der Waals surface area (Å²) >= 11 is 0. The second-order valence-electron chi connectivity index (χ2n) is 14.2. The number of hydrogen-bond acceptors (Lipinski definition) is 6. The van der Waals surface area contributed by atoms with E-state index in [2.05, 4.69) is 110 Å². The van der Waals surface area contributed by atoms with E-state index < -0.39 is 0 Å². The van der Waals surface area contributed by atoms with Gasteiger partial charge in [-0.3, -0.25) is 0 Å². The summed E-state index contributed by atoms with van der Waals surface area (Å²) in [6.07, 6.45) is 11.5. The monoisotopic (exact) mass is 804 g/mol. The van der Waals surface area contributed by atoms with Crippen LogP contribution >= 0.6 is 0 Å². The zero-order chi connectivity index (χ0) is 42.6. The molecule has 0 aromatic heterocycles. The first-order chi connectivity index (χ1) is 29.5. The van der Waals surface area contributed by atoms with Crippen LogP contribution in [0.1, 0.15) is 119 Å². The molecule has 0 N–H and O–H groups in total. The van der Waals surface area contributed by atoms with Gasteiger partial charge in [-0.1, -0.05) is 114 Å². The molecule has 60 heavy (non-hydrogen) atoms. The predicted octanol–water partition coefficient (Wildman–Crippen LogP) is 8.05. The number of fused-ring (bicyclic) bond motifs is 3. The van der Waals surface area contributed by atoms with Crippen molar-refractivity contribution in [3.05, 3.63) is 102 Å². The van der Waals surface area contributed by atoms with Crippen LogP contribution < -0.4 is 59.7 Å². The summed E-state index contributed by atoms with van der Waals surface area (Å²) < 4.78 is 37.4. The van der Waals surface area contributed by atoms with E-state index in [9.17, 15) is 0 Å². The zero-order valence-corrected chi connectivity index (χ0v) is 36.6. The Hall–Kier alpha value is -6.18. The highest BCUT2D eigenvalue weighted by Crippen LogP contribution is 2.26. The number of benzene rings is 3. The predicted molar refractivity (Wildman–Crippen MR) is 241 cm³/mol. The van der Waals surface area contributed by atoms with Crippen LogP contribution in [-0.2, 0) is 0 Å². The topological polar surface area (TPSA) is 55.4 Å². The maximum Gasteiger partial charge on any atom is 0.162 e. The lowest BCUT2D eigenvalue weighted by Crippen LogP contribution is -2.23. The largest absolute Gasteiger partial charge is 0.490 e. The molecule has 3 aromatic carbocycles. The molecule has 4 rings (SSSR count). The van der Waals surface area contributed by atoms with Crippen molar-refractivity contribution in [1.29, 1.82) is 0 Å². The molecule has 6 heteroatoms. The average molecular weight is 805 g/mol. The summed E-state index contributed by atoms with van der Waals surface area (Å²) in [5, 5.41) is 3.94. The lowest BCUT2D eigenvalue weighted by Gasteiger charge is -2.12. The van der Waals surface area contributed by atoms with E-state index in [1.54, 1.807) is 0 Å². The summed E-state index contributed by atoms with van der Waals surface area (Å²) in [5.41, 5.74) is 37.8. The van der Waals surface area contributed by atoms with Crippen molar-refractivity contribution < 1.29 is 28.4 Å². The standard InChI is InChI=1S/C54H60O6/c1-7-13-31-55-49-37-43-25-19-20-27-45-39-51(57-33-15-9-3)53(59-35-17-11-5)41-47(45)29-23-24-30-48-42-54(60-36-18-12-6)52(58-34-16-10-4)40-46(48)28-22-21-26-44(43)38-50(49)56-32-14-8-2/h37-42H,7-18,31-36H2,1-6H3. The minimum Gasteiger partial charge on any atom is -0.490 e. The van der Waals surface area contributed by atoms with Crippen LogP contribution in [0.3, 0.4) is 0 Å². The quantitative estimate of drug-likeness (QED) is 0.0529. The molecule has 3 aromatic rings. The highest BCUT2D eigenvalue weighted by atomic mass is 16.5. The van der Waals surface area contributed by atoms with Gasteiger partial charge in [-0.2, -0.15) is 0 Å². The van der Waals surface area contributed by atoms with Gasteiger partial charge in [-0.25, -0.2) is 0 Å². The molecule has 0 heterocycles. The molecular weight excluding hydrogens is 745 g/mol. The molecule has 0 bridgehead atoms. The van der Waals surface area contributed by atoms with E-state index in [4.69, 9.17) is 28.4 Å². The SMILES string of the molecule is CCCCOc1cc2c(cc1OCCCC)=C=C=C=C=c1cc(OCCCC)c(OCCCC)cc1=C=C=C=C=c1cc(OCCCC)c(OCCCC)cc1=C=C=C=C=2. The molecule has 0 atom stereocenters. The fraction of sp³-hybridized carbons (Fsp3) is 0.444. The molecule has 0 saturated carbocycles. The van der Waals surface area contributed by atoms with E-state index in [1.165, 1.54) is 0 Å². The maximum atomic E-state index is 6.23. The minimum atomic E-state index is 0.562. The smallest absolute Gasteiger partial charge is 0.162 e. The first kappa shape index (κ1) is 46.5. The molecular formula is C54H60O6. The maximum absolute atomic E-state index is 6.23. The van der Waals surface area contributed by atoms with Crippen LogP contribution in [-0.4, -0.2) is 39.6 Å². The normalized spacial score (nSPS) is 10.7. The third-order valence-corrected chi connectivity index (χ3v) is 9.15. The summed E-state index contributed by atoms with van der Waals surface area (Å²) in [4.78, 5) is 0. The molecule has 1 aliphatic rings. The summed E-state index contributed by atoms with van der Waals surface area (Å²) in [6.45, 7) is 16.2. The second kappa shape index (κ2) is 27.5. The number of hydrogen-bond donors (Lipinski definition) is 0. The van der Waals surface area contributed by atoms with Gasteiger partial charge in [0.15, 0.2) is 34.5 Å². The van der Waals surface area contributed by atoms with E-state index in [0.29, 0.717) is 105 Å². The number of unbranched alkanes of at least 4 members (excludes halogenated alkanes) is 6. The molecule has 1 aliphatic carbocycles. The van der Waals surface area contributed by atoms with Gasteiger partial charge in [0.1, 0.15) is 0 Å². The highest BCUT2D eigenvalue weighted by Gasteiger charge is 2.09. The van der Waals surface area contributed by atoms with Crippen molar-refractivity contribution in [3.63, 3.8) is 0 Å². The summed E-state index contributed by atoms with van der Waals surface area (Å²) in [6, 6.07) is 11.4. The highest BCUT2D eigenvalue weighted by molar-refractivity contribution is 5.48. The fourth-order valence-corrected chi connectivity index (χ4v) is 5.53. The van der Waals surface area contributed by atoms with Crippen LogP contribution in [0.2, 0.25) is 0 Å². The Morgan fingerprint density at radius 1 is 0.267 bits per heavy atom. The first-order valence-corrected chi connectivity index (χ1v) is 21.9. The molecule has 0 spiro atoms. The van der Waals surface area contributed by atoms with Gasteiger partial charge in [0, 0.05) is 67.7 Å². The minimum absolute atomic E-state index is 0.562. The first-order valence-electron chi connectivity index (χ1n) is 21.9. The Morgan fingerprint density at radius 3 is 0.550 bits per heavy atom. The Bertz CT molecular complexity index is 2190. The number of rotatable bonds is 24. The van der Waals surface area contributed by atoms with Gasteiger partial charge in [0.25, 0.3) is 0 Å². The van der Waals surface area contributed by atoms with Gasteiger partial charge in [0.2, 0.25) is 0 Å². The van der Waals surface area contributed by atoms with E-state index in [-0.39, 0.29) is 0 Å². The third kappa shape index (κ3) is 15.5. The average Bonchev–Trinajstić information content (AvgIpc) is 3.25. The lowest BCUT2D eigenvalue weighted by molar-refractivity contribution is 0.261. The Kier molecular flexibility index (Phi) is 21.3. The van der Waals surface area contributed by atoms with Crippen LogP contribution in [0.25, 0.3) is 34.4 Å². The van der Waals surface area contributed by atoms with Crippen molar-refractivity contribution in [2.75, 3.05) is 39.6 Å². The van der Waals surface area contributed by atoms with Crippen molar-refractivity contribution in [2.45, 2.75) is 119 Å². The van der Waals surface area contributed by atoms with Gasteiger partial charge < -0.3 is 28.4 Å². The van der Waals surface area contributed by atoms with E-state index in [0.717, 1.165) is 77.0 Å². The summed E-state index contributed by atoms with van der Waals surface area (Å²) in [5.74, 6) is 3.75. The molecule has 0 saturated heterocycles. The Morgan fingerprint density at radius 2 is 0.417 bits per heavy atom. The van der Waals surface area contributed by atoms with Crippen molar-refractivity contribution in [1.82, 2.24) is 0 Å². The second-order valence-corrected chi connectivity index (χ2v) is 14.2. The molecule has 6 nitrogen and oxygen atoms in total. The van der Waals surface area contributed by atoms with E-state index in [1.807, 2.05) is 36.4 Å². The fourth-order valence-electron chi connectivity index (χ4n) is 5.53. The van der Waals surface area contributed by atoms with Gasteiger partial charge in [0.05, 0.1) is 39.6 Å². The van der Waals surface area contributed by atoms with Crippen LogP contribution in [0.4, 0.5) is 0 Å². The molecule has 0 radical (unpaired) electrons. The van der Waals surface area contributed by atoms with Gasteiger partial charge in [-0.05, 0) is 72.9 Å².